The number of alkyl halides is 2. The van der Waals surface area contributed by atoms with Crippen molar-refractivity contribution in [1.82, 2.24) is 9.78 Å². The average Bonchev–Trinajstić information content (AvgIpc) is 2.92. The van der Waals surface area contributed by atoms with E-state index in [0.29, 0.717) is 28.4 Å². The first kappa shape index (κ1) is 16.2. The van der Waals surface area contributed by atoms with Crippen LogP contribution in [0.1, 0.15) is 15.9 Å². The van der Waals surface area contributed by atoms with E-state index < -0.39 is 18.9 Å². The number of rotatable bonds is 6. The van der Waals surface area contributed by atoms with Crippen LogP contribution in [0.15, 0.2) is 30.6 Å². The number of benzene rings is 1. The van der Waals surface area contributed by atoms with Crippen LogP contribution in [0.2, 0.25) is 5.02 Å². The van der Waals surface area contributed by atoms with Gasteiger partial charge < -0.3 is 10.1 Å². The number of halogens is 3. The van der Waals surface area contributed by atoms with Gasteiger partial charge in [-0.15, -0.1) is 0 Å². The van der Waals surface area contributed by atoms with Crippen LogP contribution in [-0.4, -0.2) is 29.3 Å². The number of nitrogens with one attached hydrogen (secondary N) is 1. The number of esters is 1. The molecule has 0 saturated carbocycles. The van der Waals surface area contributed by atoms with E-state index in [0.717, 1.165) is 4.68 Å². The summed E-state index contributed by atoms with van der Waals surface area (Å²) < 4.78 is 30.3. The summed E-state index contributed by atoms with van der Waals surface area (Å²) >= 11 is 6.07. The Hall–Kier alpha value is -2.15. The van der Waals surface area contributed by atoms with Crippen molar-refractivity contribution >= 4 is 23.3 Å². The van der Waals surface area contributed by atoms with Crippen LogP contribution in [0, 0.1) is 0 Å². The normalized spacial score (nSPS) is 10.8. The molecule has 2 aromatic rings. The minimum atomic E-state index is -2.46. The maximum atomic E-state index is 12.2. The van der Waals surface area contributed by atoms with E-state index >= 15 is 0 Å². The van der Waals surface area contributed by atoms with E-state index in [-0.39, 0.29) is 0 Å². The molecule has 0 amide bonds. The second kappa shape index (κ2) is 7.22. The van der Waals surface area contributed by atoms with E-state index in [1.54, 1.807) is 18.2 Å². The summed E-state index contributed by atoms with van der Waals surface area (Å²) in [5.41, 5.74) is 1.66. The number of methoxy groups -OCH3 is 1. The van der Waals surface area contributed by atoms with Crippen molar-refractivity contribution in [2.45, 2.75) is 19.5 Å². The predicted octanol–water partition coefficient (Wildman–Crippen LogP) is 3.20. The third-order valence-electron chi connectivity index (χ3n) is 2.91. The van der Waals surface area contributed by atoms with Gasteiger partial charge in [0.05, 0.1) is 24.6 Å². The number of hydrogen-bond acceptors (Lipinski definition) is 4. The van der Waals surface area contributed by atoms with E-state index in [1.165, 1.54) is 19.5 Å². The van der Waals surface area contributed by atoms with Crippen molar-refractivity contribution in [3.8, 4) is 0 Å². The fourth-order valence-corrected chi connectivity index (χ4v) is 2.03. The van der Waals surface area contributed by atoms with Gasteiger partial charge in [-0.05, 0) is 23.8 Å². The molecule has 5 nitrogen and oxygen atoms in total. The van der Waals surface area contributed by atoms with Gasteiger partial charge in [0, 0.05) is 17.8 Å². The van der Waals surface area contributed by atoms with Crippen molar-refractivity contribution in [1.29, 1.82) is 0 Å². The van der Waals surface area contributed by atoms with Crippen molar-refractivity contribution in [3.63, 3.8) is 0 Å². The fraction of sp³-hybridized carbons (Fsp3) is 0.286. The lowest BCUT2D eigenvalue weighted by atomic mass is 10.1. The minimum Gasteiger partial charge on any atom is -0.465 e. The van der Waals surface area contributed by atoms with Crippen molar-refractivity contribution in [3.05, 3.63) is 46.7 Å². The molecule has 1 aromatic heterocycles. The lowest BCUT2D eigenvalue weighted by Crippen LogP contribution is -2.06. The molecular weight excluding hydrogens is 316 g/mol. The zero-order chi connectivity index (χ0) is 16.1. The van der Waals surface area contributed by atoms with Crippen molar-refractivity contribution in [2.75, 3.05) is 12.4 Å². The highest BCUT2D eigenvalue weighted by atomic mass is 35.5. The molecule has 0 radical (unpaired) electrons. The van der Waals surface area contributed by atoms with Gasteiger partial charge >= 0.3 is 5.97 Å². The van der Waals surface area contributed by atoms with E-state index in [1.807, 2.05) is 0 Å². The van der Waals surface area contributed by atoms with Gasteiger partial charge in [0.1, 0.15) is 6.54 Å². The first-order valence-corrected chi connectivity index (χ1v) is 6.78. The molecule has 0 atom stereocenters. The molecule has 2 rings (SSSR count). The second-order valence-electron chi connectivity index (χ2n) is 4.49. The Morgan fingerprint density at radius 3 is 2.95 bits per heavy atom. The molecule has 0 aliphatic heterocycles. The Labute approximate surface area is 130 Å². The number of carbonyl (C=O) groups is 1. The maximum absolute atomic E-state index is 12.2. The van der Waals surface area contributed by atoms with Crippen molar-refractivity contribution in [2.24, 2.45) is 0 Å². The highest BCUT2D eigenvalue weighted by Crippen LogP contribution is 2.20. The standard InChI is InChI=1S/C14H14ClF2N3O2/c1-22-14(21)9-2-3-12(15)10(4-9)5-18-11-6-19-20(7-11)8-13(16)17/h2-4,6-7,13,18H,5,8H2,1H3. The fourth-order valence-electron chi connectivity index (χ4n) is 1.85. The van der Waals surface area contributed by atoms with Gasteiger partial charge in [-0.2, -0.15) is 5.10 Å². The molecule has 118 valence electrons. The molecule has 0 aliphatic carbocycles. The van der Waals surface area contributed by atoms with Crippen LogP contribution < -0.4 is 5.32 Å². The predicted molar refractivity (Wildman–Crippen MR) is 78.3 cm³/mol. The Balaban J connectivity index is 2.04. The van der Waals surface area contributed by atoms with Crippen LogP contribution in [0.5, 0.6) is 0 Å². The molecule has 8 heteroatoms. The molecule has 1 heterocycles. The smallest absolute Gasteiger partial charge is 0.337 e. The van der Waals surface area contributed by atoms with Gasteiger partial charge in [0.25, 0.3) is 6.43 Å². The number of nitrogens with zero attached hydrogens (tertiary/aromatic N) is 2. The number of anilines is 1. The zero-order valence-corrected chi connectivity index (χ0v) is 12.5. The zero-order valence-electron chi connectivity index (χ0n) is 11.7. The molecule has 0 aliphatic rings. The largest absolute Gasteiger partial charge is 0.465 e. The Kier molecular flexibility index (Phi) is 5.32. The number of ether oxygens (including phenoxy) is 1. The number of carbonyl (C=O) groups excluding carboxylic acids is 1. The maximum Gasteiger partial charge on any atom is 0.337 e. The van der Waals surface area contributed by atoms with Gasteiger partial charge in [-0.3, -0.25) is 4.68 Å². The lowest BCUT2D eigenvalue weighted by Gasteiger charge is -2.08. The van der Waals surface area contributed by atoms with Crippen LogP contribution in [0.4, 0.5) is 14.5 Å². The quantitative estimate of drug-likeness (QED) is 0.827. The van der Waals surface area contributed by atoms with Crippen molar-refractivity contribution < 1.29 is 18.3 Å². The van der Waals surface area contributed by atoms with Crippen LogP contribution in [0.3, 0.4) is 0 Å². The molecular formula is C14H14ClF2N3O2. The first-order valence-electron chi connectivity index (χ1n) is 6.41. The van der Waals surface area contributed by atoms with Gasteiger partial charge in [-0.25, -0.2) is 13.6 Å². The summed E-state index contributed by atoms with van der Waals surface area (Å²) in [5.74, 6) is -0.456. The molecule has 1 aromatic carbocycles. The molecule has 0 saturated heterocycles. The number of hydrogen-bond donors (Lipinski definition) is 1. The summed E-state index contributed by atoms with van der Waals surface area (Å²) in [6.07, 6.45) is 0.462. The van der Waals surface area contributed by atoms with E-state index in [2.05, 4.69) is 15.2 Å². The molecule has 1 N–H and O–H groups in total. The highest BCUT2D eigenvalue weighted by Gasteiger charge is 2.10. The second-order valence-corrected chi connectivity index (χ2v) is 4.90. The van der Waals surface area contributed by atoms with E-state index in [9.17, 15) is 13.6 Å². The van der Waals surface area contributed by atoms with E-state index in [4.69, 9.17) is 11.6 Å². The molecule has 0 fully saturated rings. The molecule has 22 heavy (non-hydrogen) atoms. The Morgan fingerprint density at radius 1 is 1.50 bits per heavy atom. The molecule has 0 spiro atoms. The Bertz CT molecular complexity index is 661. The summed E-state index contributed by atoms with van der Waals surface area (Å²) in [5, 5.41) is 7.32. The number of aromatic nitrogens is 2. The molecule has 0 unspecified atom stereocenters. The van der Waals surface area contributed by atoms with Gasteiger partial charge in [0.15, 0.2) is 0 Å². The third kappa shape index (κ3) is 4.17. The minimum absolute atomic E-state index is 0.323. The first-order chi connectivity index (χ1) is 10.5. The Morgan fingerprint density at radius 2 is 2.27 bits per heavy atom. The average molecular weight is 330 g/mol. The summed E-state index contributed by atoms with van der Waals surface area (Å²) in [7, 11) is 1.30. The lowest BCUT2D eigenvalue weighted by molar-refractivity contribution is 0.0600. The SMILES string of the molecule is COC(=O)c1ccc(Cl)c(CNc2cnn(CC(F)F)c2)c1. The van der Waals surface area contributed by atoms with Gasteiger partial charge in [0.2, 0.25) is 0 Å². The summed E-state index contributed by atoms with van der Waals surface area (Å²) in [6, 6.07) is 4.79. The monoisotopic (exact) mass is 329 g/mol. The summed E-state index contributed by atoms with van der Waals surface area (Å²) in [4.78, 5) is 11.5. The highest BCUT2D eigenvalue weighted by molar-refractivity contribution is 6.31. The van der Waals surface area contributed by atoms with Gasteiger partial charge in [-0.1, -0.05) is 11.6 Å². The van der Waals surface area contributed by atoms with Crippen LogP contribution >= 0.6 is 11.6 Å². The topological polar surface area (TPSA) is 56.1 Å². The van der Waals surface area contributed by atoms with Crippen LogP contribution in [0.25, 0.3) is 0 Å². The molecule has 0 bridgehead atoms. The third-order valence-corrected chi connectivity index (χ3v) is 3.28. The summed E-state index contributed by atoms with van der Waals surface area (Å²) in [6.45, 7) is -0.135. The van der Waals surface area contributed by atoms with Crippen LogP contribution in [-0.2, 0) is 17.8 Å².